The summed E-state index contributed by atoms with van der Waals surface area (Å²) in [6.07, 6.45) is 0.934. The maximum atomic E-state index is 11.3. The number of urea groups is 1. The first-order valence-electron chi connectivity index (χ1n) is 5.18. The van der Waals surface area contributed by atoms with Gasteiger partial charge in [-0.1, -0.05) is 0 Å². The standard InChI is InChI=1S/C9H15N3O4S/c13-7(10-4-8(14)15)3-11-9(16)12-6-1-2-17-5-6/h6H,1-5H2,(H,10,13)(H,14,15)(H2,11,12,16). The molecule has 0 aromatic rings. The van der Waals surface area contributed by atoms with Crippen LogP contribution in [-0.2, 0) is 9.59 Å². The number of aliphatic carboxylic acids is 1. The first-order valence-corrected chi connectivity index (χ1v) is 6.34. The Morgan fingerprint density at radius 2 is 2.00 bits per heavy atom. The summed E-state index contributed by atoms with van der Waals surface area (Å²) >= 11 is 1.77. The van der Waals surface area contributed by atoms with E-state index in [2.05, 4.69) is 16.0 Å². The van der Waals surface area contributed by atoms with Gasteiger partial charge in [0.25, 0.3) is 0 Å². The van der Waals surface area contributed by atoms with Gasteiger partial charge in [-0.3, -0.25) is 9.59 Å². The number of carboxylic acids is 1. The van der Waals surface area contributed by atoms with Crippen LogP contribution in [0.4, 0.5) is 4.79 Å². The molecule has 0 spiro atoms. The number of hydrogen-bond acceptors (Lipinski definition) is 4. The fourth-order valence-electron chi connectivity index (χ4n) is 1.28. The lowest BCUT2D eigenvalue weighted by atomic mass is 10.3. The van der Waals surface area contributed by atoms with E-state index in [0.717, 1.165) is 17.9 Å². The summed E-state index contributed by atoms with van der Waals surface area (Å²) < 4.78 is 0. The molecule has 8 heteroatoms. The fourth-order valence-corrected chi connectivity index (χ4v) is 2.43. The van der Waals surface area contributed by atoms with E-state index >= 15 is 0 Å². The predicted octanol–water partition coefficient (Wildman–Crippen LogP) is -1.01. The molecule has 1 unspecified atom stereocenters. The topological polar surface area (TPSA) is 108 Å². The van der Waals surface area contributed by atoms with E-state index in [1.165, 1.54) is 0 Å². The molecular weight excluding hydrogens is 246 g/mol. The van der Waals surface area contributed by atoms with Gasteiger partial charge in [-0.05, 0) is 12.2 Å². The van der Waals surface area contributed by atoms with E-state index in [0.29, 0.717) is 0 Å². The minimum Gasteiger partial charge on any atom is -0.480 e. The lowest BCUT2D eigenvalue weighted by molar-refractivity contribution is -0.137. The van der Waals surface area contributed by atoms with Crippen molar-refractivity contribution in [2.75, 3.05) is 24.6 Å². The minimum atomic E-state index is -1.12. The van der Waals surface area contributed by atoms with Crippen LogP contribution < -0.4 is 16.0 Å². The number of rotatable bonds is 5. The first-order chi connectivity index (χ1) is 8.08. The molecule has 1 aliphatic rings. The van der Waals surface area contributed by atoms with Gasteiger partial charge in [0.15, 0.2) is 0 Å². The van der Waals surface area contributed by atoms with Crippen molar-refractivity contribution in [3.63, 3.8) is 0 Å². The van der Waals surface area contributed by atoms with Crippen LogP contribution in [0.3, 0.4) is 0 Å². The zero-order valence-corrected chi connectivity index (χ0v) is 10.0. The molecule has 0 radical (unpaired) electrons. The maximum Gasteiger partial charge on any atom is 0.322 e. The van der Waals surface area contributed by atoms with Crippen LogP contribution in [0, 0.1) is 0 Å². The Bertz CT molecular complexity index is 305. The summed E-state index contributed by atoms with van der Waals surface area (Å²) in [6.45, 7) is -0.666. The van der Waals surface area contributed by atoms with Crippen molar-refractivity contribution in [1.82, 2.24) is 16.0 Å². The highest BCUT2D eigenvalue weighted by Crippen LogP contribution is 2.16. The zero-order valence-electron chi connectivity index (χ0n) is 9.19. The van der Waals surface area contributed by atoms with E-state index in [-0.39, 0.29) is 12.6 Å². The van der Waals surface area contributed by atoms with Crippen molar-refractivity contribution >= 4 is 29.7 Å². The average molecular weight is 261 g/mol. The zero-order chi connectivity index (χ0) is 12.7. The Labute approximate surface area is 103 Å². The molecule has 1 aliphatic heterocycles. The maximum absolute atomic E-state index is 11.3. The average Bonchev–Trinajstić information content (AvgIpc) is 2.76. The highest BCUT2D eigenvalue weighted by Gasteiger charge is 2.17. The van der Waals surface area contributed by atoms with E-state index in [4.69, 9.17) is 5.11 Å². The molecule has 0 aliphatic carbocycles. The fraction of sp³-hybridized carbons (Fsp3) is 0.667. The summed E-state index contributed by atoms with van der Waals surface area (Å²) in [5.74, 6) is 0.275. The third-order valence-electron chi connectivity index (χ3n) is 2.11. The van der Waals surface area contributed by atoms with Crippen molar-refractivity contribution in [2.24, 2.45) is 0 Å². The second-order valence-electron chi connectivity index (χ2n) is 3.56. The smallest absolute Gasteiger partial charge is 0.322 e. The molecule has 1 saturated heterocycles. The van der Waals surface area contributed by atoms with Gasteiger partial charge in [-0.15, -0.1) is 0 Å². The molecule has 0 aromatic heterocycles. The van der Waals surface area contributed by atoms with Crippen molar-refractivity contribution in [2.45, 2.75) is 12.5 Å². The molecule has 0 bridgehead atoms. The van der Waals surface area contributed by atoms with E-state index < -0.39 is 24.5 Å². The predicted molar refractivity (Wildman–Crippen MR) is 62.9 cm³/mol. The Hall–Kier alpha value is -1.44. The Morgan fingerprint density at radius 1 is 1.24 bits per heavy atom. The molecule has 0 aromatic carbocycles. The lowest BCUT2D eigenvalue weighted by Crippen LogP contribution is -2.46. The van der Waals surface area contributed by atoms with Gasteiger partial charge in [0.05, 0.1) is 6.54 Å². The molecular formula is C9H15N3O4S. The second-order valence-corrected chi connectivity index (χ2v) is 4.71. The summed E-state index contributed by atoms with van der Waals surface area (Å²) in [7, 11) is 0. The molecule has 1 atom stereocenters. The van der Waals surface area contributed by atoms with Gasteiger partial charge in [-0.2, -0.15) is 11.8 Å². The summed E-state index contributed by atoms with van der Waals surface area (Å²) in [5.41, 5.74) is 0. The molecule has 1 heterocycles. The number of carbonyl (C=O) groups excluding carboxylic acids is 2. The number of amides is 3. The highest BCUT2D eigenvalue weighted by atomic mass is 32.2. The molecule has 1 fully saturated rings. The molecule has 3 amide bonds. The molecule has 17 heavy (non-hydrogen) atoms. The number of carboxylic acid groups (broad SMARTS) is 1. The first kappa shape index (κ1) is 13.6. The number of hydrogen-bond donors (Lipinski definition) is 4. The number of nitrogens with one attached hydrogen (secondary N) is 3. The van der Waals surface area contributed by atoms with E-state index in [9.17, 15) is 14.4 Å². The van der Waals surface area contributed by atoms with Crippen LogP contribution in [0.25, 0.3) is 0 Å². The lowest BCUT2D eigenvalue weighted by Gasteiger charge is -2.12. The second kappa shape index (κ2) is 7.00. The van der Waals surface area contributed by atoms with Crippen LogP contribution in [0.2, 0.25) is 0 Å². The largest absolute Gasteiger partial charge is 0.480 e. The van der Waals surface area contributed by atoms with Crippen LogP contribution >= 0.6 is 11.8 Å². The van der Waals surface area contributed by atoms with Crippen molar-refractivity contribution in [3.8, 4) is 0 Å². The van der Waals surface area contributed by atoms with Crippen LogP contribution in [0.15, 0.2) is 0 Å². The van der Waals surface area contributed by atoms with Crippen molar-refractivity contribution in [3.05, 3.63) is 0 Å². The van der Waals surface area contributed by atoms with Crippen LogP contribution in [0.1, 0.15) is 6.42 Å². The Kier molecular flexibility index (Phi) is 5.61. The molecule has 4 N–H and O–H groups in total. The van der Waals surface area contributed by atoms with Crippen LogP contribution in [-0.4, -0.2) is 53.7 Å². The van der Waals surface area contributed by atoms with Gasteiger partial charge in [0, 0.05) is 11.8 Å². The SMILES string of the molecule is O=C(O)CNC(=O)CNC(=O)NC1CCSC1. The van der Waals surface area contributed by atoms with Crippen molar-refractivity contribution in [1.29, 1.82) is 0 Å². The van der Waals surface area contributed by atoms with E-state index in [1.807, 2.05) is 0 Å². The van der Waals surface area contributed by atoms with Gasteiger partial charge in [0.2, 0.25) is 5.91 Å². The van der Waals surface area contributed by atoms with Gasteiger partial charge in [0.1, 0.15) is 6.54 Å². The summed E-state index contributed by atoms with van der Waals surface area (Å²) in [6, 6.07) is -0.245. The van der Waals surface area contributed by atoms with Gasteiger partial charge >= 0.3 is 12.0 Å². The summed E-state index contributed by atoms with van der Waals surface area (Å²) in [4.78, 5) is 32.5. The minimum absolute atomic E-state index is 0.155. The summed E-state index contributed by atoms with van der Waals surface area (Å²) in [5, 5.41) is 15.6. The molecule has 96 valence electrons. The Morgan fingerprint density at radius 3 is 2.59 bits per heavy atom. The molecule has 1 rings (SSSR count). The van der Waals surface area contributed by atoms with E-state index in [1.54, 1.807) is 11.8 Å². The highest BCUT2D eigenvalue weighted by molar-refractivity contribution is 7.99. The molecule has 0 saturated carbocycles. The number of carbonyl (C=O) groups is 3. The van der Waals surface area contributed by atoms with Crippen LogP contribution in [0.5, 0.6) is 0 Å². The van der Waals surface area contributed by atoms with Gasteiger partial charge in [-0.25, -0.2) is 4.79 Å². The molecule has 7 nitrogen and oxygen atoms in total. The quantitative estimate of drug-likeness (QED) is 0.507. The monoisotopic (exact) mass is 261 g/mol. The normalized spacial score (nSPS) is 18.5. The Balaban J connectivity index is 2.10. The van der Waals surface area contributed by atoms with Crippen molar-refractivity contribution < 1.29 is 19.5 Å². The third kappa shape index (κ3) is 6.00. The van der Waals surface area contributed by atoms with Gasteiger partial charge < -0.3 is 21.1 Å². The third-order valence-corrected chi connectivity index (χ3v) is 3.27. The number of thioether (sulfide) groups is 1.